The highest BCUT2D eigenvalue weighted by molar-refractivity contribution is 5.27. The Kier molecular flexibility index (Phi) is 4.34. The van der Waals surface area contributed by atoms with Gasteiger partial charge >= 0.3 is 0 Å². The molecule has 2 aromatic rings. The third-order valence-corrected chi connectivity index (χ3v) is 4.32. The van der Waals surface area contributed by atoms with E-state index in [1.165, 1.54) is 22.5 Å². The fourth-order valence-electron chi connectivity index (χ4n) is 2.61. The highest BCUT2D eigenvalue weighted by Gasteiger charge is 2.19. The van der Waals surface area contributed by atoms with Crippen LogP contribution in [-0.2, 0) is 19.0 Å². The first-order chi connectivity index (χ1) is 9.42. The van der Waals surface area contributed by atoms with Crippen molar-refractivity contribution < 1.29 is 0 Å². The van der Waals surface area contributed by atoms with Gasteiger partial charge in [0.25, 0.3) is 0 Å². The summed E-state index contributed by atoms with van der Waals surface area (Å²) in [5.41, 5.74) is 5.61. The molecule has 2 nitrogen and oxygen atoms in total. The van der Waals surface area contributed by atoms with E-state index in [1.54, 1.807) is 0 Å². The van der Waals surface area contributed by atoms with E-state index in [0.29, 0.717) is 0 Å². The second-order valence-electron chi connectivity index (χ2n) is 6.31. The molecule has 0 aliphatic rings. The summed E-state index contributed by atoms with van der Waals surface area (Å²) >= 11 is 0. The van der Waals surface area contributed by atoms with Crippen molar-refractivity contribution in [3.05, 3.63) is 58.9 Å². The van der Waals surface area contributed by atoms with E-state index in [0.717, 1.165) is 13.1 Å². The zero-order chi connectivity index (χ0) is 14.8. The van der Waals surface area contributed by atoms with Crippen LogP contribution in [0.2, 0.25) is 0 Å². The molecule has 0 fully saturated rings. The quantitative estimate of drug-likeness (QED) is 0.876. The van der Waals surface area contributed by atoms with E-state index in [9.17, 15) is 0 Å². The SMILES string of the molecule is Cc1cc(CNCC(C)(C)c2ccccc2)c(C)n1C. The lowest BCUT2D eigenvalue weighted by molar-refractivity contribution is 0.468. The summed E-state index contributed by atoms with van der Waals surface area (Å²) in [7, 11) is 2.13. The first kappa shape index (κ1) is 14.9. The molecule has 0 bridgehead atoms. The Labute approximate surface area is 122 Å². The van der Waals surface area contributed by atoms with Gasteiger partial charge < -0.3 is 9.88 Å². The minimum Gasteiger partial charge on any atom is -0.352 e. The molecule has 0 atom stereocenters. The van der Waals surface area contributed by atoms with Crippen molar-refractivity contribution in [2.75, 3.05) is 6.54 Å². The van der Waals surface area contributed by atoms with Crippen LogP contribution in [0.25, 0.3) is 0 Å². The van der Waals surface area contributed by atoms with Crippen molar-refractivity contribution in [2.24, 2.45) is 7.05 Å². The monoisotopic (exact) mass is 270 g/mol. The van der Waals surface area contributed by atoms with Crippen LogP contribution in [0.4, 0.5) is 0 Å². The molecule has 0 amide bonds. The van der Waals surface area contributed by atoms with Crippen LogP contribution < -0.4 is 5.32 Å². The second-order valence-corrected chi connectivity index (χ2v) is 6.31. The van der Waals surface area contributed by atoms with Crippen molar-refractivity contribution in [3.63, 3.8) is 0 Å². The van der Waals surface area contributed by atoms with Gasteiger partial charge in [-0.3, -0.25) is 0 Å². The minimum atomic E-state index is 0.152. The lowest BCUT2D eigenvalue weighted by atomic mass is 9.84. The summed E-state index contributed by atoms with van der Waals surface area (Å²) in [6.07, 6.45) is 0. The van der Waals surface area contributed by atoms with Crippen LogP contribution in [0.3, 0.4) is 0 Å². The summed E-state index contributed by atoms with van der Waals surface area (Å²) in [5, 5.41) is 3.61. The van der Waals surface area contributed by atoms with Gasteiger partial charge in [-0.25, -0.2) is 0 Å². The summed E-state index contributed by atoms with van der Waals surface area (Å²) in [6.45, 7) is 10.8. The molecule has 0 radical (unpaired) electrons. The van der Waals surface area contributed by atoms with Gasteiger partial charge in [-0.15, -0.1) is 0 Å². The molecule has 1 aromatic carbocycles. The summed E-state index contributed by atoms with van der Waals surface area (Å²) in [5.74, 6) is 0. The summed E-state index contributed by atoms with van der Waals surface area (Å²) in [4.78, 5) is 0. The van der Waals surface area contributed by atoms with Crippen molar-refractivity contribution >= 4 is 0 Å². The summed E-state index contributed by atoms with van der Waals surface area (Å²) < 4.78 is 2.25. The maximum atomic E-state index is 3.61. The number of aromatic nitrogens is 1. The van der Waals surface area contributed by atoms with E-state index in [1.807, 2.05) is 0 Å². The molecule has 0 unspecified atom stereocenters. The highest BCUT2D eigenvalue weighted by atomic mass is 15.0. The van der Waals surface area contributed by atoms with E-state index in [4.69, 9.17) is 0 Å². The molecule has 0 aliphatic carbocycles. The molecular formula is C18H26N2. The Morgan fingerprint density at radius 2 is 1.75 bits per heavy atom. The van der Waals surface area contributed by atoms with Crippen molar-refractivity contribution in [2.45, 2.75) is 39.7 Å². The number of rotatable bonds is 5. The molecule has 0 aliphatic heterocycles. The zero-order valence-electron chi connectivity index (χ0n) is 13.3. The standard InChI is InChI=1S/C18H26N2/c1-14-11-16(15(2)20(14)5)12-19-13-18(3,4)17-9-7-6-8-10-17/h6-11,19H,12-13H2,1-5H3. The van der Waals surface area contributed by atoms with Gasteiger partial charge in [0.2, 0.25) is 0 Å². The normalized spacial score (nSPS) is 11.8. The predicted octanol–water partition coefficient (Wildman–Crippen LogP) is 3.71. The average molecular weight is 270 g/mol. The fourth-order valence-corrected chi connectivity index (χ4v) is 2.61. The molecule has 2 rings (SSSR count). The first-order valence-electron chi connectivity index (χ1n) is 7.30. The Morgan fingerprint density at radius 1 is 1.10 bits per heavy atom. The van der Waals surface area contributed by atoms with E-state index < -0.39 is 0 Å². The molecule has 1 aromatic heterocycles. The lowest BCUT2D eigenvalue weighted by Gasteiger charge is -2.25. The largest absolute Gasteiger partial charge is 0.352 e. The Hall–Kier alpha value is -1.54. The molecule has 20 heavy (non-hydrogen) atoms. The maximum absolute atomic E-state index is 3.61. The smallest absolute Gasteiger partial charge is 0.0223 e. The average Bonchev–Trinajstić information content (AvgIpc) is 2.67. The predicted molar refractivity (Wildman–Crippen MR) is 86.1 cm³/mol. The third-order valence-electron chi connectivity index (χ3n) is 4.32. The van der Waals surface area contributed by atoms with Crippen LogP contribution in [-0.4, -0.2) is 11.1 Å². The number of aryl methyl sites for hydroxylation is 1. The van der Waals surface area contributed by atoms with Gasteiger partial charge in [0, 0.05) is 36.9 Å². The molecule has 2 heteroatoms. The van der Waals surface area contributed by atoms with E-state index in [-0.39, 0.29) is 5.41 Å². The Bertz CT molecular complexity index is 565. The first-order valence-corrected chi connectivity index (χ1v) is 7.30. The number of nitrogens with one attached hydrogen (secondary N) is 1. The van der Waals surface area contributed by atoms with Crippen molar-refractivity contribution in [1.82, 2.24) is 9.88 Å². The fraction of sp³-hybridized carbons (Fsp3) is 0.444. The zero-order valence-corrected chi connectivity index (χ0v) is 13.3. The van der Waals surface area contributed by atoms with Crippen molar-refractivity contribution in [1.29, 1.82) is 0 Å². The minimum absolute atomic E-state index is 0.152. The molecule has 1 heterocycles. The van der Waals surface area contributed by atoms with Gasteiger partial charge in [-0.05, 0) is 31.0 Å². The van der Waals surface area contributed by atoms with Crippen LogP contribution >= 0.6 is 0 Å². The van der Waals surface area contributed by atoms with Gasteiger partial charge in [0.1, 0.15) is 0 Å². The third kappa shape index (κ3) is 3.13. The van der Waals surface area contributed by atoms with E-state index >= 15 is 0 Å². The molecule has 1 N–H and O–H groups in total. The van der Waals surface area contributed by atoms with E-state index in [2.05, 4.69) is 81.0 Å². The van der Waals surface area contributed by atoms with Crippen molar-refractivity contribution in [3.8, 4) is 0 Å². The molecule has 0 saturated heterocycles. The summed E-state index contributed by atoms with van der Waals surface area (Å²) in [6, 6.07) is 13.0. The van der Waals surface area contributed by atoms with Crippen LogP contribution in [0.5, 0.6) is 0 Å². The highest BCUT2D eigenvalue weighted by Crippen LogP contribution is 2.22. The van der Waals surface area contributed by atoms with Gasteiger partial charge in [-0.1, -0.05) is 44.2 Å². The lowest BCUT2D eigenvalue weighted by Crippen LogP contribution is -2.32. The molecule has 0 saturated carbocycles. The number of hydrogen-bond donors (Lipinski definition) is 1. The van der Waals surface area contributed by atoms with Crippen LogP contribution in [0.15, 0.2) is 36.4 Å². The molecule has 0 spiro atoms. The number of hydrogen-bond acceptors (Lipinski definition) is 1. The van der Waals surface area contributed by atoms with Gasteiger partial charge in [0.05, 0.1) is 0 Å². The van der Waals surface area contributed by atoms with Crippen LogP contribution in [0.1, 0.15) is 36.4 Å². The Morgan fingerprint density at radius 3 is 2.30 bits per heavy atom. The van der Waals surface area contributed by atoms with Crippen LogP contribution in [0, 0.1) is 13.8 Å². The molecular weight excluding hydrogens is 244 g/mol. The molecule has 108 valence electrons. The number of benzene rings is 1. The number of nitrogens with zero attached hydrogens (tertiary/aromatic N) is 1. The van der Waals surface area contributed by atoms with Gasteiger partial charge in [-0.2, -0.15) is 0 Å². The second kappa shape index (κ2) is 5.84. The topological polar surface area (TPSA) is 17.0 Å². The van der Waals surface area contributed by atoms with Gasteiger partial charge in [0.15, 0.2) is 0 Å². The maximum Gasteiger partial charge on any atom is 0.0223 e. The Balaban J connectivity index is 1.97.